The lowest BCUT2D eigenvalue weighted by Crippen LogP contribution is -2.16. The molecule has 0 aromatic carbocycles. The molecule has 0 saturated heterocycles. The number of nitrogens with two attached hydrogens (primary N) is 1. The van der Waals surface area contributed by atoms with Crippen molar-refractivity contribution >= 4 is 0 Å². The van der Waals surface area contributed by atoms with Crippen LogP contribution in [0.3, 0.4) is 0 Å². The van der Waals surface area contributed by atoms with Crippen LogP contribution in [-0.4, -0.2) is 7.05 Å². The third kappa shape index (κ3) is 15.7. The Morgan fingerprint density at radius 3 is 1.65 bits per heavy atom. The number of rotatable bonds is 5. The fourth-order valence-electron chi connectivity index (χ4n) is 1.67. The quantitative estimate of drug-likeness (QED) is 0.667. The summed E-state index contributed by atoms with van der Waals surface area (Å²) in [7, 11) is 1.50. The van der Waals surface area contributed by atoms with Crippen molar-refractivity contribution in [3.8, 4) is 0 Å². The van der Waals surface area contributed by atoms with Crippen molar-refractivity contribution in [3.05, 3.63) is 12.7 Å². The molecule has 0 spiro atoms. The molecule has 106 valence electrons. The first kappa shape index (κ1) is 21.9. The van der Waals surface area contributed by atoms with Crippen molar-refractivity contribution in [2.45, 2.75) is 61.3 Å². The SMILES string of the molecule is C=CC.CCC(C)CC(C)C(C)C(C)C.CN. The van der Waals surface area contributed by atoms with Crippen molar-refractivity contribution in [1.82, 2.24) is 0 Å². The van der Waals surface area contributed by atoms with Crippen molar-refractivity contribution in [1.29, 1.82) is 0 Å². The van der Waals surface area contributed by atoms with E-state index in [-0.39, 0.29) is 0 Å². The lowest BCUT2D eigenvalue weighted by molar-refractivity contribution is 0.250. The Kier molecular flexibility index (Phi) is 20.3. The van der Waals surface area contributed by atoms with Gasteiger partial charge in [-0.05, 0) is 44.1 Å². The zero-order chi connectivity index (χ0) is 14.4. The van der Waals surface area contributed by atoms with Crippen LogP contribution in [0.4, 0.5) is 0 Å². The second-order valence-corrected chi connectivity index (χ2v) is 5.24. The minimum atomic E-state index is 0.837. The molecule has 0 rings (SSSR count). The summed E-state index contributed by atoms with van der Waals surface area (Å²) in [6.45, 7) is 19.4. The smallest absolute Gasteiger partial charge is 0.0195 e. The van der Waals surface area contributed by atoms with E-state index in [1.54, 1.807) is 6.08 Å². The first-order chi connectivity index (χ1) is 7.90. The highest BCUT2D eigenvalue weighted by Gasteiger charge is 2.17. The predicted octanol–water partition coefficient (Wildman–Crippen LogP) is 5.12. The van der Waals surface area contributed by atoms with Gasteiger partial charge in [0.05, 0.1) is 0 Å². The molecule has 3 unspecified atom stereocenters. The van der Waals surface area contributed by atoms with Gasteiger partial charge in [0.1, 0.15) is 0 Å². The Labute approximate surface area is 111 Å². The van der Waals surface area contributed by atoms with Crippen LogP contribution in [0.25, 0.3) is 0 Å². The van der Waals surface area contributed by atoms with E-state index in [1.165, 1.54) is 19.9 Å². The van der Waals surface area contributed by atoms with Gasteiger partial charge in [0.25, 0.3) is 0 Å². The molecule has 17 heavy (non-hydrogen) atoms. The van der Waals surface area contributed by atoms with Crippen LogP contribution in [0, 0.1) is 23.7 Å². The van der Waals surface area contributed by atoms with Crippen LogP contribution in [-0.2, 0) is 0 Å². The highest BCUT2D eigenvalue weighted by molar-refractivity contribution is 4.67. The molecule has 0 aromatic rings. The van der Waals surface area contributed by atoms with Gasteiger partial charge in [0, 0.05) is 0 Å². The van der Waals surface area contributed by atoms with Gasteiger partial charge in [0.15, 0.2) is 0 Å². The Bertz CT molecular complexity index is 140. The molecule has 0 radical (unpaired) electrons. The average molecular weight is 243 g/mol. The minimum absolute atomic E-state index is 0.837. The molecule has 2 N–H and O–H groups in total. The van der Waals surface area contributed by atoms with Crippen LogP contribution in [0.5, 0.6) is 0 Å². The van der Waals surface area contributed by atoms with E-state index in [0.717, 1.165) is 23.7 Å². The maximum absolute atomic E-state index is 4.50. The molecule has 0 fully saturated rings. The van der Waals surface area contributed by atoms with Gasteiger partial charge in [-0.2, -0.15) is 0 Å². The average Bonchev–Trinajstić information content (AvgIpc) is 2.31. The van der Waals surface area contributed by atoms with Gasteiger partial charge in [-0.25, -0.2) is 0 Å². The van der Waals surface area contributed by atoms with Gasteiger partial charge < -0.3 is 5.73 Å². The Balaban J connectivity index is -0.000000337. The second-order valence-electron chi connectivity index (χ2n) is 5.24. The largest absolute Gasteiger partial charge is 0.333 e. The summed E-state index contributed by atoms with van der Waals surface area (Å²) in [6, 6.07) is 0. The maximum Gasteiger partial charge on any atom is -0.0195 e. The summed E-state index contributed by atoms with van der Waals surface area (Å²) in [6.07, 6.45) is 4.48. The van der Waals surface area contributed by atoms with Crippen molar-refractivity contribution in [2.75, 3.05) is 7.05 Å². The third-order valence-electron chi connectivity index (χ3n) is 3.42. The highest BCUT2D eigenvalue weighted by atomic mass is 14.4. The summed E-state index contributed by atoms with van der Waals surface area (Å²) in [5.74, 6) is 3.50. The number of hydrogen-bond donors (Lipinski definition) is 1. The van der Waals surface area contributed by atoms with E-state index >= 15 is 0 Å². The second kappa shape index (κ2) is 15.7. The standard InChI is InChI=1S/C12H26.C3H6.CH5N/c1-7-10(4)8-11(5)12(6)9(2)3;1-3-2;1-2/h9-12H,7-8H2,1-6H3;3H,1H2,2H3;2H2,1H3. The van der Waals surface area contributed by atoms with E-state index in [0.29, 0.717) is 0 Å². The predicted molar refractivity (Wildman–Crippen MR) is 83.2 cm³/mol. The number of allylic oxidation sites excluding steroid dienone is 1. The highest BCUT2D eigenvalue weighted by Crippen LogP contribution is 2.26. The zero-order valence-corrected chi connectivity index (χ0v) is 13.6. The van der Waals surface area contributed by atoms with E-state index in [4.69, 9.17) is 0 Å². The molecular formula is C16H37N. The van der Waals surface area contributed by atoms with Crippen molar-refractivity contribution < 1.29 is 0 Å². The Hall–Kier alpha value is -0.300. The lowest BCUT2D eigenvalue weighted by atomic mass is 9.81. The first-order valence-electron chi connectivity index (χ1n) is 7.05. The summed E-state index contributed by atoms with van der Waals surface area (Å²) < 4.78 is 0. The van der Waals surface area contributed by atoms with Gasteiger partial charge >= 0.3 is 0 Å². The van der Waals surface area contributed by atoms with Gasteiger partial charge in [0.2, 0.25) is 0 Å². The van der Waals surface area contributed by atoms with Crippen LogP contribution in [0.15, 0.2) is 12.7 Å². The van der Waals surface area contributed by atoms with E-state index in [2.05, 4.69) is 53.9 Å². The molecule has 1 nitrogen and oxygen atoms in total. The van der Waals surface area contributed by atoms with Gasteiger partial charge in [-0.1, -0.05) is 54.0 Å². The normalized spacial score (nSPS) is 14.7. The lowest BCUT2D eigenvalue weighted by Gasteiger charge is -2.25. The van der Waals surface area contributed by atoms with E-state index in [1.807, 2.05) is 6.92 Å². The minimum Gasteiger partial charge on any atom is -0.333 e. The topological polar surface area (TPSA) is 26.0 Å². The van der Waals surface area contributed by atoms with Crippen LogP contribution < -0.4 is 5.73 Å². The summed E-state index contributed by atoms with van der Waals surface area (Å²) in [4.78, 5) is 0. The van der Waals surface area contributed by atoms with E-state index < -0.39 is 0 Å². The summed E-state index contributed by atoms with van der Waals surface area (Å²) >= 11 is 0. The summed E-state index contributed by atoms with van der Waals surface area (Å²) in [5.41, 5.74) is 4.50. The first-order valence-corrected chi connectivity index (χ1v) is 7.05. The maximum atomic E-state index is 4.50. The molecule has 0 amide bonds. The monoisotopic (exact) mass is 243 g/mol. The molecule has 0 aliphatic carbocycles. The molecule has 0 saturated carbocycles. The molecule has 1 heteroatoms. The Morgan fingerprint density at radius 1 is 1.06 bits per heavy atom. The molecule has 3 atom stereocenters. The molecule has 0 aromatic heterocycles. The third-order valence-corrected chi connectivity index (χ3v) is 3.42. The number of hydrogen-bond acceptors (Lipinski definition) is 1. The van der Waals surface area contributed by atoms with Crippen LogP contribution in [0.2, 0.25) is 0 Å². The zero-order valence-electron chi connectivity index (χ0n) is 13.6. The van der Waals surface area contributed by atoms with Gasteiger partial charge in [-0.15, -0.1) is 6.58 Å². The van der Waals surface area contributed by atoms with Gasteiger partial charge in [-0.3, -0.25) is 0 Å². The molecular weight excluding hydrogens is 206 g/mol. The molecule has 0 bridgehead atoms. The van der Waals surface area contributed by atoms with Crippen molar-refractivity contribution in [3.63, 3.8) is 0 Å². The fraction of sp³-hybridized carbons (Fsp3) is 0.875. The van der Waals surface area contributed by atoms with E-state index in [9.17, 15) is 0 Å². The van der Waals surface area contributed by atoms with Crippen LogP contribution in [0.1, 0.15) is 61.3 Å². The van der Waals surface area contributed by atoms with Crippen LogP contribution >= 0.6 is 0 Å². The molecule has 0 aliphatic heterocycles. The molecule has 0 aliphatic rings. The summed E-state index contributed by atoms with van der Waals surface area (Å²) in [5, 5.41) is 0. The fourth-order valence-corrected chi connectivity index (χ4v) is 1.67. The molecule has 0 heterocycles. The van der Waals surface area contributed by atoms with Crippen molar-refractivity contribution in [2.24, 2.45) is 29.4 Å². The Morgan fingerprint density at radius 2 is 1.41 bits per heavy atom.